The van der Waals surface area contributed by atoms with Gasteiger partial charge in [0.25, 0.3) is 0 Å². The van der Waals surface area contributed by atoms with Gasteiger partial charge in [-0.25, -0.2) is 14.8 Å². The summed E-state index contributed by atoms with van der Waals surface area (Å²) in [6.45, 7) is 9.89. The highest BCUT2D eigenvalue weighted by atomic mass is 16.6. The molecule has 3 heterocycles. The molecular weight excluding hydrogens is 446 g/mol. The average Bonchev–Trinajstić information content (AvgIpc) is 3.41. The molecule has 2 aromatic rings. The third-order valence-electron chi connectivity index (χ3n) is 6.53. The molecule has 1 saturated heterocycles. The average molecular weight is 484 g/mol. The molecular formula is C25H37N7O3. The number of rotatable bonds is 5. The molecule has 3 N–H and O–H groups in total. The number of amides is 2. The number of ether oxygens (including phenoxy) is 1. The van der Waals surface area contributed by atoms with Crippen molar-refractivity contribution < 1.29 is 14.3 Å². The maximum absolute atomic E-state index is 14.1. The van der Waals surface area contributed by atoms with Gasteiger partial charge in [0.2, 0.25) is 5.91 Å². The number of anilines is 2. The Morgan fingerprint density at radius 3 is 2.49 bits per heavy atom. The van der Waals surface area contributed by atoms with E-state index in [0.717, 1.165) is 43.5 Å². The molecule has 2 fully saturated rings. The Labute approximate surface area is 206 Å². The first kappa shape index (κ1) is 24.9. The molecule has 1 saturated carbocycles. The lowest BCUT2D eigenvalue weighted by molar-refractivity contribution is -0.141. The molecule has 35 heavy (non-hydrogen) atoms. The van der Waals surface area contributed by atoms with Gasteiger partial charge < -0.3 is 20.3 Å². The third-order valence-corrected chi connectivity index (χ3v) is 6.53. The Balaban J connectivity index is 1.58. The van der Waals surface area contributed by atoms with Gasteiger partial charge >= 0.3 is 6.09 Å². The lowest BCUT2D eigenvalue weighted by Gasteiger charge is -2.41. The quantitative estimate of drug-likeness (QED) is 0.574. The fourth-order valence-corrected chi connectivity index (χ4v) is 5.08. The van der Waals surface area contributed by atoms with E-state index in [1.807, 2.05) is 51.7 Å². The van der Waals surface area contributed by atoms with Gasteiger partial charge in [-0.05, 0) is 60.3 Å². The summed E-state index contributed by atoms with van der Waals surface area (Å²) in [7, 11) is 0. The van der Waals surface area contributed by atoms with Gasteiger partial charge in [0, 0.05) is 24.4 Å². The molecule has 0 radical (unpaired) electrons. The zero-order chi connectivity index (χ0) is 25.2. The summed E-state index contributed by atoms with van der Waals surface area (Å²) in [6.07, 6.45) is 5.22. The van der Waals surface area contributed by atoms with Crippen molar-refractivity contribution in [2.75, 3.05) is 11.9 Å². The Kier molecular flexibility index (Phi) is 7.00. The first-order chi connectivity index (χ1) is 16.5. The minimum atomic E-state index is -0.946. The van der Waals surface area contributed by atoms with Crippen molar-refractivity contribution in [3.63, 3.8) is 0 Å². The normalized spacial score (nSPS) is 19.9. The number of H-pyrrole nitrogens is 1. The molecule has 1 atom stereocenters. The van der Waals surface area contributed by atoms with Gasteiger partial charge in [-0.3, -0.25) is 9.89 Å². The van der Waals surface area contributed by atoms with Crippen molar-refractivity contribution in [2.45, 2.75) is 96.7 Å². The van der Waals surface area contributed by atoms with Crippen molar-refractivity contribution in [1.82, 2.24) is 30.4 Å². The van der Waals surface area contributed by atoms with Crippen molar-refractivity contribution in [2.24, 2.45) is 0 Å². The van der Waals surface area contributed by atoms with Crippen LogP contribution in [0.3, 0.4) is 0 Å². The van der Waals surface area contributed by atoms with Crippen LogP contribution in [-0.4, -0.2) is 54.8 Å². The number of likely N-dealkylation sites (tertiary alicyclic amines) is 1. The van der Waals surface area contributed by atoms with Crippen molar-refractivity contribution >= 4 is 23.6 Å². The van der Waals surface area contributed by atoms with Crippen LogP contribution in [-0.2, 0) is 9.53 Å². The predicted octanol–water partition coefficient (Wildman–Crippen LogP) is 4.45. The molecule has 2 amide bonds. The maximum atomic E-state index is 14.1. The summed E-state index contributed by atoms with van der Waals surface area (Å²) in [5.41, 5.74) is 0.162. The van der Waals surface area contributed by atoms with Gasteiger partial charge in [-0.2, -0.15) is 5.10 Å². The van der Waals surface area contributed by atoms with E-state index in [2.05, 4.69) is 30.8 Å². The van der Waals surface area contributed by atoms with Crippen molar-refractivity contribution in [1.29, 1.82) is 0 Å². The van der Waals surface area contributed by atoms with Crippen LogP contribution < -0.4 is 10.6 Å². The summed E-state index contributed by atoms with van der Waals surface area (Å²) in [5.74, 6) is 1.89. The summed E-state index contributed by atoms with van der Waals surface area (Å²) in [5, 5.41) is 13.3. The maximum Gasteiger partial charge on any atom is 0.408 e. The molecule has 190 valence electrons. The number of nitrogens with zero attached hydrogens (tertiary/aromatic N) is 4. The number of aryl methyl sites for hydroxylation is 2. The number of aromatic nitrogens is 4. The highest BCUT2D eigenvalue weighted by Gasteiger charge is 2.47. The molecule has 1 unspecified atom stereocenters. The van der Waals surface area contributed by atoms with E-state index in [9.17, 15) is 9.59 Å². The van der Waals surface area contributed by atoms with E-state index in [4.69, 9.17) is 4.74 Å². The zero-order valence-corrected chi connectivity index (χ0v) is 21.4. The van der Waals surface area contributed by atoms with E-state index in [1.165, 1.54) is 0 Å². The minimum Gasteiger partial charge on any atom is -0.444 e. The molecule has 2 aromatic heterocycles. The Hall–Kier alpha value is -3.17. The van der Waals surface area contributed by atoms with Crippen LogP contribution in [0.4, 0.5) is 16.4 Å². The SMILES string of the molecule is Cc1nc(Nc2cc(C)[nH]n2)cc(C2CCCN2C(=O)C2(NC(=O)OC(C)(C)C)CCCCC2)n1. The second kappa shape index (κ2) is 9.83. The number of hydrogen-bond donors (Lipinski definition) is 3. The standard InChI is InChI=1S/C25H37N7O3/c1-16-14-21(31-30-16)28-20-15-18(26-17(2)27-20)19-10-9-13-32(19)22(33)25(11-7-6-8-12-25)29-23(34)35-24(3,4)5/h14-15,19H,6-13H2,1-5H3,(H,29,34)(H2,26,27,28,30,31). The van der Waals surface area contributed by atoms with E-state index in [0.29, 0.717) is 36.8 Å². The number of carbonyl (C=O) groups is 2. The van der Waals surface area contributed by atoms with Crippen LogP contribution in [0, 0.1) is 13.8 Å². The first-order valence-corrected chi connectivity index (χ1v) is 12.5. The molecule has 1 aliphatic carbocycles. The highest BCUT2D eigenvalue weighted by molar-refractivity contribution is 5.90. The predicted molar refractivity (Wildman–Crippen MR) is 132 cm³/mol. The second-order valence-electron chi connectivity index (χ2n) is 10.7. The molecule has 0 bridgehead atoms. The van der Waals surface area contributed by atoms with E-state index < -0.39 is 17.2 Å². The van der Waals surface area contributed by atoms with E-state index in [1.54, 1.807) is 0 Å². The topological polar surface area (TPSA) is 125 Å². The van der Waals surface area contributed by atoms with E-state index in [-0.39, 0.29) is 11.9 Å². The molecule has 4 rings (SSSR count). The van der Waals surface area contributed by atoms with Crippen LogP contribution in [0.25, 0.3) is 0 Å². The molecule has 0 aromatic carbocycles. The van der Waals surface area contributed by atoms with Crippen molar-refractivity contribution in [3.05, 3.63) is 29.3 Å². The molecule has 10 heteroatoms. The van der Waals surface area contributed by atoms with Crippen LogP contribution in [0.1, 0.15) is 89.0 Å². The smallest absolute Gasteiger partial charge is 0.408 e. The molecule has 2 aliphatic rings. The lowest BCUT2D eigenvalue weighted by Crippen LogP contribution is -2.61. The first-order valence-electron chi connectivity index (χ1n) is 12.5. The summed E-state index contributed by atoms with van der Waals surface area (Å²) in [4.78, 5) is 37.9. The molecule has 10 nitrogen and oxygen atoms in total. The molecule has 0 spiro atoms. The van der Waals surface area contributed by atoms with Crippen LogP contribution >= 0.6 is 0 Å². The zero-order valence-electron chi connectivity index (χ0n) is 21.4. The largest absolute Gasteiger partial charge is 0.444 e. The number of alkyl carbamates (subject to hydrolysis) is 1. The monoisotopic (exact) mass is 483 g/mol. The number of aromatic amines is 1. The van der Waals surface area contributed by atoms with Gasteiger partial charge in [-0.15, -0.1) is 0 Å². The number of carbonyl (C=O) groups excluding carboxylic acids is 2. The lowest BCUT2D eigenvalue weighted by atomic mass is 9.80. The van der Waals surface area contributed by atoms with Gasteiger partial charge in [-0.1, -0.05) is 19.3 Å². The second-order valence-corrected chi connectivity index (χ2v) is 10.7. The van der Waals surface area contributed by atoms with Gasteiger partial charge in [0.15, 0.2) is 5.82 Å². The minimum absolute atomic E-state index is 0.0424. The summed E-state index contributed by atoms with van der Waals surface area (Å²) < 4.78 is 5.52. The van der Waals surface area contributed by atoms with Crippen molar-refractivity contribution in [3.8, 4) is 0 Å². The summed E-state index contributed by atoms with van der Waals surface area (Å²) in [6, 6.07) is 3.62. The Morgan fingerprint density at radius 2 is 1.83 bits per heavy atom. The Bertz CT molecular complexity index is 1070. The van der Waals surface area contributed by atoms with E-state index >= 15 is 0 Å². The third kappa shape index (κ3) is 5.91. The Morgan fingerprint density at radius 1 is 1.09 bits per heavy atom. The fraction of sp³-hybridized carbons (Fsp3) is 0.640. The summed E-state index contributed by atoms with van der Waals surface area (Å²) >= 11 is 0. The number of nitrogens with one attached hydrogen (secondary N) is 3. The van der Waals surface area contributed by atoms with Crippen LogP contribution in [0.5, 0.6) is 0 Å². The van der Waals surface area contributed by atoms with Gasteiger partial charge in [0.05, 0.1) is 11.7 Å². The van der Waals surface area contributed by atoms with Gasteiger partial charge in [0.1, 0.15) is 22.8 Å². The van der Waals surface area contributed by atoms with Crippen LogP contribution in [0.2, 0.25) is 0 Å². The fourth-order valence-electron chi connectivity index (χ4n) is 5.08. The number of hydrogen-bond acceptors (Lipinski definition) is 7. The highest BCUT2D eigenvalue weighted by Crippen LogP contribution is 2.38. The molecule has 1 aliphatic heterocycles. The van der Waals surface area contributed by atoms with Crippen LogP contribution in [0.15, 0.2) is 12.1 Å².